The predicted octanol–water partition coefficient (Wildman–Crippen LogP) is 3.98. The molecule has 0 fully saturated rings. The molecule has 0 amide bonds. The molecule has 1 aromatic carbocycles. The number of benzene rings is 1. The summed E-state index contributed by atoms with van der Waals surface area (Å²) in [5.74, 6) is 2.07. The summed E-state index contributed by atoms with van der Waals surface area (Å²) in [5, 5.41) is 0.745. The normalized spacial score (nSPS) is 13.7. The summed E-state index contributed by atoms with van der Waals surface area (Å²) in [6, 6.07) is 5.74. The molecular weight excluding hydrogens is 208 g/mol. The molecule has 0 spiro atoms. The predicted molar refractivity (Wildman–Crippen MR) is 64.4 cm³/mol. The van der Waals surface area contributed by atoms with E-state index in [1.807, 2.05) is 18.2 Å². The zero-order chi connectivity index (χ0) is 11.0. The first-order chi connectivity index (χ1) is 7.08. The molecule has 1 N–H and O–H groups in total. The molecule has 0 aliphatic carbocycles. The van der Waals surface area contributed by atoms with Gasteiger partial charge in [-0.1, -0.05) is 32.4 Å². The lowest BCUT2D eigenvalue weighted by molar-refractivity contribution is 0.515. The number of aromatic nitrogens is 2. The maximum Gasteiger partial charge on any atom is 0.110 e. The van der Waals surface area contributed by atoms with Gasteiger partial charge in [-0.25, -0.2) is 4.98 Å². The van der Waals surface area contributed by atoms with Gasteiger partial charge in [-0.2, -0.15) is 0 Å². The first kappa shape index (κ1) is 10.5. The molecule has 3 heteroatoms. The monoisotopic (exact) mass is 222 g/mol. The van der Waals surface area contributed by atoms with Gasteiger partial charge in [-0.05, 0) is 24.1 Å². The summed E-state index contributed by atoms with van der Waals surface area (Å²) in [6.45, 7) is 6.58. The van der Waals surface area contributed by atoms with E-state index >= 15 is 0 Å². The molecule has 1 aromatic heterocycles. The fourth-order valence-corrected chi connectivity index (χ4v) is 1.71. The summed E-state index contributed by atoms with van der Waals surface area (Å²) in [5.41, 5.74) is 2.01. The number of nitrogens with one attached hydrogen (secondary N) is 1. The van der Waals surface area contributed by atoms with Gasteiger partial charge in [0.15, 0.2) is 0 Å². The van der Waals surface area contributed by atoms with Gasteiger partial charge in [-0.15, -0.1) is 0 Å². The summed E-state index contributed by atoms with van der Waals surface area (Å²) >= 11 is 5.92. The maximum atomic E-state index is 5.92. The second kappa shape index (κ2) is 3.86. The van der Waals surface area contributed by atoms with Crippen molar-refractivity contribution in [2.45, 2.75) is 26.7 Å². The van der Waals surface area contributed by atoms with E-state index in [9.17, 15) is 0 Å². The van der Waals surface area contributed by atoms with Crippen molar-refractivity contribution in [2.75, 3.05) is 0 Å². The fourth-order valence-electron chi connectivity index (χ4n) is 1.53. The highest BCUT2D eigenvalue weighted by Gasteiger charge is 2.14. The number of fused-ring (bicyclic) bond motifs is 1. The summed E-state index contributed by atoms with van der Waals surface area (Å²) in [4.78, 5) is 7.88. The molecule has 0 radical (unpaired) electrons. The van der Waals surface area contributed by atoms with Crippen LogP contribution in [-0.2, 0) is 0 Å². The van der Waals surface area contributed by atoms with Crippen molar-refractivity contribution in [3.8, 4) is 0 Å². The number of halogens is 1. The minimum atomic E-state index is 0.441. The standard InChI is InChI=1S/C12H15ClN2/c1-7(2)8(3)12-14-10-5-4-9(13)6-11(10)15-12/h4-8H,1-3H3,(H,14,15). The van der Waals surface area contributed by atoms with Crippen molar-refractivity contribution in [1.29, 1.82) is 0 Å². The zero-order valence-corrected chi connectivity index (χ0v) is 9.97. The Morgan fingerprint density at radius 3 is 2.67 bits per heavy atom. The third-order valence-corrected chi connectivity index (χ3v) is 3.13. The van der Waals surface area contributed by atoms with Crippen LogP contribution >= 0.6 is 11.6 Å². The van der Waals surface area contributed by atoms with Crippen LogP contribution in [0.4, 0.5) is 0 Å². The fraction of sp³-hybridized carbons (Fsp3) is 0.417. The van der Waals surface area contributed by atoms with Crippen LogP contribution in [0.2, 0.25) is 5.02 Å². The molecule has 0 bridgehead atoms. The Bertz CT molecular complexity index is 473. The smallest absolute Gasteiger partial charge is 0.110 e. The van der Waals surface area contributed by atoms with E-state index in [1.165, 1.54) is 0 Å². The van der Waals surface area contributed by atoms with Crippen LogP contribution in [0.5, 0.6) is 0 Å². The van der Waals surface area contributed by atoms with Gasteiger partial charge in [0.2, 0.25) is 0 Å². The quantitative estimate of drug-likeness (QED) is 0.818. The Labute approximate surface area is 94.7 Å². The lowest BCUT2D eigenvalue weighted by Crippen LogP contribution is -2.03. The van der Waals surface area contributed by atoms with Crippen LogP contribution in [-0.4, -0.2) is 9.97 Å². The summed E-state index contributed by atoms with van der Waals surface area (Å²) in [6.07, 6.45) is 0. The number of nitrogens with zero attached hydrogens (tertiary/aromatic N) is 1. The van der Waals surface area contributed by atoms with Gasteiger partial charge in [-0.3, -0.25) is 0 Å². The van der Waals surface area contributed by atoms with Crippen molar-refractivity contribution in [3.05, 3.63) is 29.0 Å². The van der Waals surface area contributed by atoms with Gasteiger partial charge < -0.3 is 4.98 Å². The number of hydrogen-bond acceptors (Lipinski definition) is 1. The van der Waals surface area contributed by atoms with Crippen LogP contribution in [0.25, 0.3) is 11.0 Å². The molecule has 80 valence electrons. The third kappa shape index (κ3) is 2.00. The Balaban J connectivity index is 2.47. The molecule has 0 saturated carbocycles. The molecule has 0 aliphatic heterocycles. The number of aromatic amines is 1. The molecular formula is C12H15ClN2. The lowest BCUT2D eigenvalue weighted by Gasteiger charge is -2.11. The molecule has 1 unspecified atom stereocenters. The largest absolute Gasteiger partial charge is 0.342 e. The Morgan fingerprint density at radius 1 is 1.27 bits per heavy atom. The van der Waals surface area contributed by atoms with Gasteiger partial charge >= 0.3 is 0 Å². The Morgan fingerprint density at radius 2 is 2.00 bits per heavy atom. The van der Waals surface area contributed by atoms with E-state index in [0.29, 0.717) is 11.8 Å². The van der Waals surface area contributed by atoms with Crippen LogP contribution < -0.4 is 0 Å². The van der Waals surface area contributed by atoms with E-state index in [4.69, 9.17) is 11.6 Å². The zero-order valence-electron chi connectivity index (χ0n) is 9.21. The maximum absolute atomic E-state index is 5.92. The molecule has 2 rings (SSSR count). The van der Waals surface area contributed by atoms with Crippen molar-refractivity contribution in [3.63, 3.8) is 0 Å². The average molecular weight is 223 g/mol. The van der Waals surface area contributed by atoms with Gasteiger partial charge in [0, 0.05) is 10.9 Å². The SMILES string of the molecule is CC(C)C(C)c1nc2ccc(Cl)cc2[nH]1. The number of hydrogen-bond donors (Lipinski definition) is 1. The summed E-state index contributed by atoms with van der Waals surface area (Å²) < 4.78 is 0. The molecule has 15 heavy (non-hydrogen) atoms. The van der Waals surface area contributed by atoms with E-state index in [0.717, 1.165) is 21.9 Å². The van der Waals surface area contributed by atoms with Crippen LogP contribution in [0, 0.1) is 5.92 Å². The highest BCUT2D eigenvalue weighted by molar-refractivity contribution is 6.31. The molecule has 1 atom stereocenters. The molecule has 2 nitrogen and oxygen atoms in total. The Kier molecular flexibility index (Phi) is 2.70. The van der Waals surface area contributed by atoms with Crippen molar-refractivity contribution >= 4 is 22.6 Å². The second-order valence-electron chi connectivity index (χ2n) is 4.32. The topological polar surface area (TPSA) is 28.7 Å². The van der Waals surface area contributed by atoms with Gasteiger partial charge in [0.05, 0.1) is 11.0 Å². The Hall–Kier alpha value is -1.02. The summed E-state index contributed by atoms with van der Waals surface area (Å²) in [7, 11) is 0. The highest BCUT2D eigenvalue weighted by Crippen LogP contribution is 2.24. The minimum Gasteiger partial charge on any atom is -0.342 e. The number of imidazole rings is 1. The van der Waals surface area contributed by atoms with Crippen molar-refractivity contribution in [1.82, 2.24) is 9.97 Å². The van der Waals surface area contributed by atoms with E-state index in [2.05, 4.69) is 30.7 Å². The number of rotatable bonds is 2. The van der Waals surface area contributed by atoms with Gasteiger partial charge in [0.1, 0.15) is 5.82 Å². The molecule has 0 saturated heterocycles. The van der Waals surface area contributed by atoms with Crippen LogP contribution in [0.15, 0.2) is 18.2 Å². The lowest BCUT2D eigenvalue weighted by atomic mass is 9.98. The average Bonchev–Trinajstić information content (AvgIpc) is 2.58. The first-order valence-electron chi connectivity index (χ1n) is 5.23. The van der Waals surface area contributed by atoms with E-state index in [1.54, 1.807) is 0 Å². The van der Waals surface area contributed by atoms with Crippen molar-refractivity contribution < 1.29 is 0 Å². The first-order valence-corrected chi connectivity index (χ1v) is 5.61. The number of H-pyrrole nitrogens is 1. The minimum absolute atomic E-state index is 0.441. The van der Waals surface area contributed by atoms with E-state index in [-0.39, 0.29) is 0 Å². The third-order valence-electron chi connectivity index (χ3n) is 2.89. The molecule has 1 heterocycles. The molecule has 0 aliphatic rings. The highest BCUT2D eigenvalue weighted by atomic mass is 35.5. The van der Waals surface area contributed by atoms with Crippen molar-refractivity contribution in [2.24, 2.45) is 5.92 Å². The van der Waals surface area contributed by atoms with E-state index < -0.39 is 0 Å². The molecule has 2 aromatic rings. The second-order valence-corrected chi connectivity index (χ2v) is 4.75. The van der Waals surface area contributed by atoms with Gasteiger partial charge in [0.25, 0.3) is 0 Å². The van der Waals surface area contributed by atoms with Crippen LogP contribution in [0.3, 0.4) is 0 Å². The van der Waals surface area contributed by atoms with Crippen LogP contribution in [0.1, 0.15) is 32.5 Å².